The number of nitrogens with one attached hydrogen (secondary N) is 1. The number of hydrogen-bond donors (Lipinski definition) is 1. The van der Waals surface area contributed by atoms with Gasteiger partial charge in [0.05, 0.1) is 18.7 Å². The van der Waals surface area contributed by atoms with Crippen LogP contribution in [0.4, 0.5) is 23.7 Å². The second-order valence-electron chi connectivity index (χ2n) is 7.79. The molecule has 1 saturated carbocycles. The molecule has 1 fully saturated rings. The second-order valence-corrected chi connectivity index (χ2v) is 7.79. The summed E-state index contributed by atoms with van der Waals surface area (Å²) in [6, 6.07) is 7.69. The first-order chi connectivity index (χ1) is 15.2. The standard InChI is InChI=1S/C22H27F3N4O3/c1-27-10-4-7-19(27)14-29(18-8-9-18)20(30)15-28(11-12-32-2)21(31)26-17-6-3-5-16(13-17)22(23,24)25/h3-7,10,13,18H,8-9,11-12,14-15H2,1-2H3,(H,26,31). The van der Waals surface area contributed by atoms with Gasteiger partial charge in [-0.25, -0.2) is 4.79 Å². The van der Waals surface area contributed by atoms with Gasteiger partial charge in [0.1, 0.15) is 6.54 Å². The van der Waals surface area contributed by atoms with E-state index in [1.54, 1.807) is 4.90 Å². The van der Waals surface area contributed by atoms with Crippen LogP contribution in [-0.2, 0) is 29.3 Å². The Labute approximate surface area is 184 Å². The molecule has 174 valence electrons. The van der Waals surface area contributed by atoms with E-state index in [1.165, 1.54) is 24.1 Å². The molecular formula is C22H27F3N4O3. The highest BCUT2D eigenvalue weighted by Crippen LogP contribution is 2.31. The van der Waals surface area contributed by atoms with E-state index in [0.29, 0.717) is 6.54 Å². The summed E-state index contributed by atoms with van der Waals surface area (Å²) < 4.78 is 45.9. The van der Waals surface area contributed by atoms with Crippen molar-refractivity contribution in [2.45, 2.75) is 31.6 Å². The van der Waals surface area contributed by atoms with Gasteiger partial charge in [-0.15, -0.1) is 0 Å². The summed E-state index contributed by atoms with van der Waals surface area (Å²) in [5.74, 6) is -0.219. The lowest BCUT2D eigenvalue weighted by Gasteiger charge is -2.28. The zero-order valence-electron chi connectivity index (χ0n) is 18.1. The summed E-state index contributed by atoms with van der Waals surface area (Å²) in [7, 11) is 3.37. The van der Waals surface area contributed by atoms with E-state index in [0.717, 1.165) is 30.7 Å². The molecule has 1 aliphatic carbocycles. The molecule has 1 heterocycles. The molecule has 0 radical (unpaired) electrons. The summed E-state index contributed by atoms with van der Waals surface area (Å²) in [5.41, 5.74) is 0.113. The molecule has 0 unspecified atom stereocenters. The van der Waals surface area contributed by atoms with Crippen molar-refractivity contribution in [3.05, 3.63) is 53.9 Å². The molecule has 0 aliphatic heterocycles. The number of methoxy groups -OCH3 is 1. The third kappa shape index (κ3) is 6.25. The van der Waals surface area contributed by atoms with E-state index < -0.39 is 17.8 Å². The number of aromatic nitrogens is 1. The average Bonchev–Trinajstić information content (AvgIpc) is 3.50. The highest BCUT2D eigenvalue weighted by molar-refractivity contribution is 5.92. The van der Waals surface area contributed by atoms with Crippen molar-refractivity contribution in [1.82, 2.24) is 14.4 Å². The topological polar surface area (TPSA) is 66.8 Å². The normalized spacial score (nSPS) is 13.7. The van der Waals surface area contributed by atoms with E-state index in [2.05, 4.69) is 5.32 Å². The molecule has 3 rings (SSSR count). The van der Waals surface area contributed by atoms with Crippen molar-refractivity contribution in [2.75, 3.05) is 32.1 Å². The summed E-state index contributed by atoms with van der Waals surface area (Å²) in [6.45, 7) is 0.537. The Balaban J connectivity index is 1.70. The fourth-order valence-corrected chi connectivity index (χ4v) is 3.33. The quantitative estimate of drug-likeness (QED) is 0.631. The fraction of sp³-hybridized carbons (Fsp3) is 0.455. The molecular weight excluding hydrogens is 425 g/mol. The number of nitrogens with zero attached hydrogens (tertiary/aromatic N) is 3. The van der Waals surface area contributed by atoms with Gasteiger partial charge in [0, 0.05) is 44.3 Å². The maximum absolute atomic E-state index is 13.1. The second kappa shape index (κ2) is 10.1. The Bertz CT molecular complexity index is 940. The Kier molecular flexibility index (Phi) is 7.44. The van der Waals surface area contributed by atoms with Crippen LogP contribution >= 0.6 is 0 Å². The number of hydrogen-bond acceptors (Lipinski definition) is 3. The number of carbonyl (C=O) groups is 2. The van der Waals surface area contributed by atoms with Crippen LogP contribution in [0.2, 0.25) is 0 Å². The summed E-state index contributed by atoms with van der Waals surface area (Å²) in [5, 5.41) is 2.46. The molecule has 0 bridgehead atoms. The lowest BCUT2D eigenvalue weighted by Crippen LogP contribution is -2.46. The Morgan fingerprint density at radius 1 is 1.22 bits per heavy atom. The van der Waals surface area contributed by atoms with Gasteiger partial charge in [-0.3, -0.25) is 4.79 Å². The van der Waals surface area contributed by atoms with Gasteiger partial charge >= 0.3 is 12.2 Å². The lowest BCUT2D eigenvalue weighted by atomic mass is 10.2. The van der Waals surface area contributed by atoms with Gasteiger partial charge in [-0.05, 0) is 43.2 Å². The van der Waals surface area contributed by atoms with Crippen molar-refractivity contribution >= 4 is 17.6 Å². The first-order valence-electron chi connectivity index (χ1n) is 10.3. The van der Waals surface area contributed by atoms with Gasteiger partial charge in [-0.2, -0.15) is 13.2 Å². The summed E-state index contributed by atoms with van der Waals surface area (Å²) >= 11 is 0. The molecule has 3 amide bonds. The Morgan fingerprint density at radius 2 is 1.97 bits per heavy atom. The molecule has 0 spiro atoms. The van der Waals surface area contributed by atoms with Crippen LogP contribution in [-0.4, -0.2) is 59.2 Å². The molecule has 1 aromatic carbocycles. The number of alkyl halides is 3. The molecule has 10 heteroatoms. The Morgan fingerprint density at radius 3 is 2.56 bits per heavy atom. The minimum Gasteiger partial charge on any atom is -0.383 e. The number of halogens is 3. The maximum atomic E-state index is 13.1. The van der Waals surface area contributed by atoms with Crippen molar-refractivity contribution < 1.29 is 27.5 Å². The van der Waals surface area contributed by atoms with Crippen LogP contribution in [0.5, 0.6) is 0 Å². The van der Waals surface area contributed by atoms with Crippen molar-refractivity contribution in [2.24, 2.45) is 7.05 Å². The number of rotatable bonds is 9. The molecule has 2 aromatic rings. The molecule has 32 heavy (non-hydrogen) atoms. The average molecular weight is 452 g/mol. The zero-order chi connectivity index (χ0) is 23.3. The summed E-state index contributed by atoms with van der Waals surface area (Å²) in [6.07, 6.45) is -0.804. The molecule has 0 saturated heterocycles. The van der Waals surface area contributed by atoms with E-state index in [1.807, 2.05) is 29.9 Å². The van der Waals surface area contributed by atoms with Crippen LogP contribution in [0.3, 0.4) is 0 Å². The molecule has 7 nitrogen and oxygen atoms in total. The highest BCUT2D eigenvalue weighted by atomic mass is 19.4. The van der Waals surface area contributed by atoms with E-state index in [-0.39, 0.29) is 37.3 Å². The first-order valence-corrected chi connectivity index (χ1v) is 10.3. The minimum atomic E-state index is -4.52. The third-order valence-corrected chi connectivity index (χ3v) is 5.31. The van der Waals surface area contributed by atoms with Crippen LogP contribution < -0.4 is 5.32 Å². The number of benzene rings is 1. The predicted molar refractivity (Wildman–Crippen MR) is 113 cm³/mol. The number of aryl methyl sites for hydroxylation is 1. The van der Waals surface area contributed by atoms with E-state index in [9.17, 15) is 22.8 Å². The van der Waals surface area contributed by atoms with Gasteiger partial charge in [0.25, 0.3) is 0 Å². The van der Waals surface area contributed by atoms with Crippen LogP contribution in [0.1, 0.15) is 24.1 Å². The number of urea groups is 1. The minimum absolute atomic E-state index is 0.00236. The molecule has 1 aliphatic rings. The fourth-order valence-electron chi connectivity index (χ4n) is 3.33. The van der Waals surface area contributed by atoms with Gasteiger partial charge in [0.15, 0.2) is 0 Å². The van der Waals surface area contributed by atoms with Gasteiger partial charge < -0.3 is 24.4 Å². The van der Waals surface area contributed by atoms with Crippen molar-refractivity contribution in [3.63, 3.8) is 0 Å². The highest BCUT2D eigenvalue weighted by Gasteiger charge is 2.34. The summed E-state index contributed by atoms with van der Waals surface area (Å²) in [4.78, 5) is 28.9. The smallest absolute Gasteiger partial charge is 0.383 e. The monoisotopic (exact) mass is 452 g/mol. The molecule has 1 aromatic heterocycles. The molecule has 0 atom stereocenters. The number of ether oxygens (including phenoxy) is 1. The van der Waals surface area contributed by atoms with Crippen LogP contribution in [0.15, 0.2) is 42.6 Å². The van der Waals surface area contributed by atoms with Crippen LogP contribution in [0, 0.1) is 0 Å². The van der Waals surface area contributed by atoms with E-state index >= 15 is 0 Å². The maximum Gasteiger partial charge on any atom is 0.416 e. The largest absolute Gasteiger partial charge is 0.416 e. The lowest BCUT2D eigenvalue weighted by molar-refractivity contribution is -0.137. The molecule has 1 N–H and O–H groups in total. The SMILES string of the molecule is COCCN(CC(=O)N(Cc1cccn1C)C1CC1)C(=O)Nc1cccc(C(F)(F)F)c1. The number of amides is 3. The first kappa shape index (κ1) is 23.6. The van der Waals surface area contributed by atoms with E-state index in [4.69, 9.17) is 4.74 Å². The van der Waals surface area contributed by atoms with Crippen molar-refractivity contribution in [1.29, 1.82) is 0 Å². The van der Waals surface area contributed by atoms with Crippen molar-refractivity contribution in [3.8, 4) is 0 Å². The number of carbonyl (C=O) groups excluding carboxylic acids is 2. The Hall–Kier alpha value is -3.01. The van der Waals surface area contributed by atoms with Gasteiger partial charge in [0.2, 0.25) is 5.91 Å². The zero-order valence-corrected chi connectivity index (χ0v) is 18.1. The number of anilines is 1. The van der Waals surface area contributed by atoms with Gasteiger partial charge in [-0.1, -0.05) is 6.07 Å². The predicted octanol–water partition coefficient (Wildman–Crippen LogP) is 3.72. The third-order valence-electron chi connectivity index (χ3n) is 5.31. The van der Waals surface area contributed by atoms with Crippen LogP contribution in [0.25, 0.3) is 0 Å².